The van der Waals surface area contributed by atoms with Crippen LogP contribution in [0.3, 0.4) is 0 Å². The van der Waals surface area contributed by atoms with E-state index in [1.54, 1.807) is 6.07 Å². The highest BCUT2D eigenvalue weighted by Crippen LogP contribution is 2.15. The highest BCUT2D eigenvalue weighted by atomic mass is 19.1. The van der Waals surface area contributed by atoms with Crippen molar-refractivity contribution in [1.82, 2.24) is 0 Å². The molecule has 0 radical (unpaired) electrons. The minimum atomic E-state index is -0.451. The summed E-state index contributed by atoms with van der Waals surface area (Å²) >= 11 is 0. The summed E-state index contributed by atoms with van der Waals surface area (Å²) in [5.74, 6) is -0.750. The highest BCUT2D eigenvalue weighted by molar-refractivity contribution is 5.88. The molecule has 0 saturated heterocycles. The fourth-order valence-corrected chi connectivity index (χ4v) is 0.985. The molecule has 70 valence electrons. The van der Waals surface area contributed by atoms with E-state index in [0.29, 0.717) is 6.54 Å². The molecule has 1 aromatic rings. The lowest BCUT2D eigenvalue weighted by Crippen LogP contribution is -2.08. The third-order valence-electron chi connectivity index (χ3n) is 1.58. The molecule has 1 amide bonds. The van der Waals surface area contributed by atoms with Crippen LogP contribution in [0.15, 0.2) is 18.2 Å². The van der Waals surface area contributed by atoms with Crippen LogP contribution in [0.2, 0.25) is 0 Å². The van der Waals surface area contributed by atoms with Gasteiger partial charge in [0.05, 0.1) is 5.69 Å². The monoisotopic (exact) mass is 182 g/mol. The van der Waals surface area contributed by atoms with E-state index in [1.165, 1.54) is 19.1 Å². The summed E-state index contributed by atoms with van der Waals surface area (Å²) in [6.45, 7) is 1.65. The summed E-state index contributed by atoms with van der Waals surface area (Å²) in [7, 11) is 0. The van der Waals surface area contributed by atoms with Crippen LogP contribution in [-0.4, -0.2) is 5.91 Å². The second kappa shape index (κ2) is 4.00. The molecule has 4 heteroatoms. The minimum absolute atomic E-state index is 0.176. The van der Waals surface area contributed by atoms with Gasteiger partial charge in [-0.25, -0.2) is 4.39 Å². The molecule has 0 aliphatic heterocycles. The topological polar surface area (TPSA) is 55.1 Å². The molecule has 0 unspecified atom stereocenters. The van der Waals surface area contributed by atoms with Gasteiger partial charge in [-0.2, -0.15) is 0 Å². The molecule has 0 aliphatic rings. The molecule has 0 atom stereocenters. The first kappa shape index (κ1) is 9.67. The molecule has 0 heterocycles. The Balaban J connectivity index is 2.96. The molecular weight excluding hydrogens is 171 g/mol. The Labute approximate surface area is 75.7 Å². The predicted molar refractivity (Wildman–Crippen MR) is 48.6 cm³/mol. The summed E-state index contributed by atoms with van der Waals surface area (Å²) < 4.78 is 13.0. The number of anilines is 1. The van der Waals surface area contributed by atoms with Crippen LogP contribution in [0, 0.1) is 5.82 Å². The Morgan fingerprint density at radius 3 is 2.85 bits per heavy atom. The number of nitrogens with two attached hydrogens (primary N) is 1. The molecule has 0 bridgehead atoms. The van der Waals surface area contributed by atoms with Crippen molar-refractivity contribution >= 4 is 11.6 Å². The van der Waals surface area contributed by atoms with Crippen LogP contribution >= 0.6 is 0 Å². The maximum Gasteiger partial charge on any atom is 0.221 e. The lowest BCUT2D eigenvalue weighted by Gasteiger charge is -2.05. The van der Waals surface area contributed by atoms with E-state index in [9.17, 15) is 9.18 Å². The Bertz CT molecular complexity index is 325. The van der Waals surface area contributed by atoms with Crippen LogP contribution in [0.25, 0.3) is 0 Å². The first-order valence-corrected chi connectivity index (χ1v) is 3.89. The van der Waals surface area contributed by atoms with Crippen LogP contribution in [0.5, 0.6) is 0 Å². The Kier molecular flexibility index (Phi) is 2.97. The normalized spacial score (nSPS) is 9.77. The molecule has 0 aliphatic carbocycles. The van der Waals surface area contributed by atoms with Gasteiger partial charge in [0.2, 0.25) is 5.91 Å². The summed E-state index contributed by atoms with van der Waals surface area (Å²) in [6.07, 6.45) is 0. The smallest absolute Gasteiger partial charge is 0.221 e. The molecule has 13 heavy (non-hydrogen) atoms. The van der Waals surface area contributed by atoms with Crippen molar-refractivity contribution in [3.8, 4) is 0 Å². The standard InChI is InChI=1S/C9H11FN2O/c1-6(13)12-9-4-7(5-11)2-3-8(9)10/h2-4H,5,11H2,1H3,(H,12,13). The Morgan fingerprint density at radius 1 is 1.62 bits per heavy atom. The van der Waals surface area contributed by atoms with E-state index in [2.05, 4.69) is 5.32 Å². The number of carbonyl (C=O) groups excluding carboxylic acids is 1. The van der Waals surface area contributed by atoms with Crippen molar-refractivity contribution in [2.45, 2.75) is 13.5 Å². The Hall–Kier alpha value is -1.42. The van der Waals surface area contributed by atoms with E-state index < -0.39 is 5.82 Å². The number of halogens is 1. The predicted octanol–water partition coefficient (Wildman–Crippen LogP) is 1.24. The third kappa shape index (κ3) is 2.52. The van der Waals surface area contributed by atoms with Gasteiger partial charge in [0.25, 0.3) is 0 Å². The molecule has 0 fully saturated rings. The third-order valence-corrected chi connectivity index (χ3v) is 1.58. The van der Waals surface area contributed by atoms with Crippen molar-refractivity contribution in [1.29, 1.82) is 0 Å². The number of nitrogens with one attached hydrogen (secondary N) is 1. The SMILES string of the molecule is CC(=O)Nc1cc(CN)ccc1F. The number of benzene rings is 1. The minimum Gasteiger partial charge on any atom is -0.326 e. The van der Waals surface area contributed by atoms with Gasteiger partial charge in [-0.15, -0.1) is 0 Å². The summed E-state index contributed by atoms with van der Waals surface area (Å²) in [6, 6.07) is 4.39. The van der Waals surface area contributed by atoms with Gasteiger partial charge in [0.1, 0.15) is 5.82 Å². The van der Waals surface area contributed by atoms with Gasteiger partial charge < -0.3 is 11.1 Å². The van der Waals surface area contributed by atoms with E-state index in [4.69, 9.17) is 5.73 Å². The van der Waals surface area contributed by atoms with Gasteiger partial charge in [-0.3, -0.25) is 4.79 Å². The summed E-state index contributed by atoms with van der Waals surface area (Å²) in [4.78, 5) is 10.7. The number of rotatable bonds is 2. The van der Waals surface area contributed by atoms with Gasteiger partial charge in [0.15, 0.2) is 0 Å². The number of amides is 1. The zero-order chi connectivity index (χ0) is 9.84. The van der Waals surface area contributed by atoms with Crippen molar-refractivity contribution < 1.29 is 9.18 Å². The van der Waals surface area contributed by atoms with Crippen LogP contribution in [0.4, 0.5) is 10.1 Å². The van der Waals surface area contributed by atoms with Crippen molar-refractivity contribution in [3.05, 3.63) is 29.6 Å². The average Bonchev–Trinajstić information content (AvgIpc) is 2.08. The fourth-order valence-electron chi connectivity index (χ4n) is 0.985. The lowest BCUT2D eigenvalue weighted by molar-refractivity contribution is -0.114. The zero-order valence-electron chi connectivity index (χ0n) is 7.30. The van der Waals surface area contributed by atoms with E-state index in [0.717, 1.165) is 5.56 Å². The Morgan fingerprint density at radius 2 is 2.31 bits per heavy atom. The molecule has 1 rings (SSSR count). The molecule has 0 aromatic heterocycles. The maximum absolute atomic E-state index is 13.0. The van der Waals surface area contributed by atoms with Gasteiger partial charge in [0, 0.05) is 13.5 Å². The summed E-state index contributed by atoms with van der Waals surface area (Å²) in [5, 5.41) is 2.38. The highest BCUT2D eigenvalue weighted by Gasteiger charge is 2.03. The fraction of sp³-hybridized carbons (Fsp3) is 0.222. The average molecular weight is 182 g/mol. The molecular formula is C9H11FN2O. The van der Waals surface area contributed by atoms with E-state index >= 15 is 0 Å². The molecule has 3 nitrogen and oxygen atoms in total. The molecule has 0 spiro atoms. The molecule has 3 N–H and O–H groups in total. The number of hydrogen-bond donors (Lipinski definition) is 2. The maximum atomic E-state index is 13.0. The van der Waals surface area contributed by atoms with Crippen molar-refractivity contribution in [2.24, 2.45) is 5.73 Å². The van der Waals surface area contributed by atoms with Crippen molar-refractivity contribution in [3.63, 3.8) is 0 Å². The van der Waals surface area contributed by atoms with Gasteiger partial charge in [-0.05, 0) is 17.7 Å². The number of carbonyl (C=O) groups is 1. The lowest BCUT2D eigenvalue weighted by atomic mass is 10.2. The van der Waals surface area contributed by atoms with Crippen LogP contribution < -0.4 is 11.1 Å². The van der Waals surface area contributed by atoms with E-state index in [1.807, 2.05) is 0 Å². The second-order valence-corrected chi connectivity index (χ2v) is 2.70. The zero-order valence-corrected chi connectivity index (χ0v) is 7.30. The van der Waals surface area contributed by atoms with Crippen molar-refractivity contribution in [2.75, 3.05) is 5.32 Å². The molecule has 0 saturated carbocycles. The summed E-state index contributed by atoms with van der Waals surface area (Å²) in [5.41, 5.74) is 6.32. The molecule has 1 aromatic carbocycles. The number of hydrogen-bond acceptors (Lipinski definition) is 2. The van der Waals surface area contributed by atoms with Gasteiger partial charge >= 0.3 is 0 Å². The second-order valence-electron chi connectivity index (χ2n) is 2.70. The first-order valence-electron chi connectivity index (χ1n) is 3.89. The van der Waals surface area contributed by atoms with E-state index in [-0.39, 0.29) is 11.6 Å². The largest absolute Gasteiger partial charge is 0.326 e. The quantitative estimate of drug-likeness (QED) is 0.723. The first-order chi connectivity index (χ1) is 6.13. The van der Waals surface area contributed by atoms with Gasteiger partial charge in [-0.1, -0.05) is 6.07 Å². The van der Waals surface area contributed by atoms with Crippen LogP contribution in [0.1, 0.15) is 12.5 Å². The van der Waals surface area contributed by atoms with Crippen LogP contribution in [-0.2, 0) is 11.3 Å².